The highest BCUT2D eigenvalue weighted by atomic mass is 16.5. The van der Waals surface area contributed by atoms with E-state index in [1.807, 2.05) is 42.5 Å². The Hall–Kier alpha value is -2.90. The molecule has 1 fully saturated rings. The van der Waals surface area contributed by atoms with Gasteiger partial charge in [-0.25, -0.2) is 5.43 Å². The van der Waals surface area contributed by atoms with Gasteiger partial charge in [0.2, 0.25) is 11.8 Å². The molecule has 7 heteroatoms. The highest BCUT2D eigenvalue weighted by Gasteiger charge is 2.21. The number of benzene rings is 2. The minimum atomic E-state index is -0.149. The topological polar surface area (TPSA) is 91.5 Å². The van der Waals surface area contributed by atoms with E-state index in [4.69, 9.17) is 4.74 Å². The highest BCUT2D eigenvalue weighted by Crippen LogP contribution is 2.18. The van der Waals surface area contributed by atoms with E-state index in [1.165, 1.54) is 0 Å². The Balaban J connectivity index is 1.35. The van der Waals surface area contributed by atoms with Crippen molar-refractivity contribution in [2.45, 2.75) is 38.5 Å². The quantitative estimate of drug-likeness (QED) is 0.560. The van der Waals surface area contributed by atoms with Crippen molar-refractivity contribution in [1.82, 2.24) is 16.2 Å². The first-order chi connectivity index (χ1) is 13.6. The number of carbonyl (C=O) groups excluding carboxylic acids is 2. The molecule has 0 spiro atoms. The maximum atomic E-state index is 12.0. The average molecular weight is 382 g/mol. The summed E-state index contributed by atoms with van der Waals surface area (Å²) in [6.45, 7) is 2.39. The van der Waals surface area contributed by atoms with Crippen LogP contribution in [0.4, 0.5) is 5.69 Å². The van der Waals surface area contributed by atoms with Gasteiger partial charge in [-0.2, -0.15) is 0 Å². The zero-order chi connectivity index (χ0) is 19.8. The van der Waals surface area contributed by atoms with Gasteiger partial charge in [0.25, 0.3) is 0 Å². The number of anilines is 1. The predicted octanol–water partition coefficient (Wildman–Crippen LogP) is 1.97. The molecule has 2 aromatic rings. The van der Waals surface area contributed by atoms with E-state index >= 15 is 0 Å². The molecule has 0 bridgehead atoms. The van der Waals surface area contributed by atoms with Gasteiger partial charge in [0.1, 0.15) is 5.75 Å². The van der Waals surface area contributed by atoms with Crippen LogP contribution in [0.5, 0.6) is 5.75 Å². The van der Waals surface area contributed by atoms with E-state index in [2.05, 4.69) is 28.4 Å². The first-order valence-corrected chi connectivity index (χ1v) is 9.47. The summed E-state index contributed by atoms with van der Waals surface area (Å²) in [6, 6.07) is 17.1. The predicted molar refractivity (Wildman–Crippen MR) is 108 cm³/mol. The summed E-state index contributed by atoms with van der Waals surface area (Å²) in [4.78, 5) is 23.9. The normalized spacial score (nSPS) is 18.5. The standard InChI is InChI=1S/C21H26N4O3/c1-15-13-21(25-24-15)28-18-9-7-17(8-10-18)23-19(26)11-12-22-20(27)14-16-5-3-2-4-6-16/h2-10,15,21,24-25H,11-14H2,1H3,(H,22,27)(H,23,26). The summed E-state index contributed by atoms with van der Waals surface area (Å²) in [7, 11) is 0. The van der Waals surface area contributed by atoms with Crippen LogP contribution in [0, 0.1) is 0 Å². The molecule has 2 atom stereocenters. The van der Waals surface area contributed by atoms with Gasteiger partial charge in [0, 0.05) is 31.1 Å². The molecule has 3 rings (SSSR count). The van der Waals surface area contributed by atoms with E-state index in [-0.39, 0.29) is 24.5 Å². The summed E-state index contributed by atoms with van der Waals surface area (Å²) in [5.41, 5.74) is 7.82. The van der Waals surface area contributed by atoms with Crippen LogP contribution in [-0.2, 0) is 16.0 Å². The first kappa shape index (κ1) is 19.9. The van der Waals surface area contributed by atoms with E-state index in [9.17, 15) is 9.59 Å². The fraction of sp³-hybridized carbons (Fsp3) is 0.333. The summed E-state index contributed by atoms with van der Waals surface area (Å²) in [5, 5.41) is 5.59. The summed E-state index contributed by atoms with van der Waals surface area (Å²) < 4.78 is 5.81. The fourth-order valence-corrected chi connectivity index (χ4v) is 2.92. The van der Waals surface area contributed by atoms with Crippen LogP contribution in [0.1, 0.15) is 25.3 Å². The summed E-state index contributed by atoms with van der Waals surface area (Å²) in [5.74, 6) is 0.494. The third-order valence-corrected chi connectivity index (χ3v) is 4.36. The molecule has 148 valence electrons. The zero-order valence-electron chi connectivity index (χ0n) is 15.9. The zero-order valence-corrected chi connectivity index (χ0v) is 15.9. The van der Waals surface area contributed by atoms with Gasteiger partial charge in [-0.05, 0) is 36.8 Å². The Morgan fingerprint density at radius 2 is 1.79 bits per heavy atom. The molecular formula is C21H26N4O3. The number of hydrogen-bond donors (Lipinski definition) is 4. The number of carbonyl (C=O) groups is 2. The summed E-state index contributed by atoms with van der Waals surface area (Å²) >= 11 is 0. The molecule has 1 heterocycles. The van der Waals surface area contributed by atoms with Crippen LogP contribution < -0.4 is 26.2 Å². The molecule has 0 aromatic heterocycles. The van der Waals surface area contributed by atoms with E-state index in [0.29, 0.717) is 24.7 Å². The summed E-state index contributed by atoms with van der Waals surface area (Å²) in [6.07, 6.45) is 1.35. The second kappa shape index (κ2) is 9.87. The van der Waals surface area contributed by atoms with Gasteiger partial charge in [-0.1, -0.05) is 30.3 Å². The van der Waals surface area contributed by atoms with Gasteiger partial charge in [-0.15, -0.1) is 0 Å². The fourth-order valence-electron chi connectivity index (χ4n) is 2.92. The number of hydrazine groups is 1. The van der Waals surface area contributed by atoms with Crippen molar-refractivity contribution in [2.24, 2.45) is 0 Å². The number of nitrogens with one attached hydrogen (secondary N) is 4. The third kappa shape index (κ3) is 6.37. The van der Waals surface area contributed by atoms with Crippen molar-refractivity contribution in [1.29, 1.82) is 0 Å². The van der Waals surface area contributed by atoms with Crippen LogP contribution in [0.3, 0.4) is 0 Å². The minimum Gasteiger partial charge on any atom is -0.474 e. The Morgan fingerprint density at radius 3 is 2.46 bits per heavy atom. The first-order valence-electron chi connectivity index (χ1n) is 9.47. The monoisotopic (exact) mass is 382 g/mol. The van der Waals surface area contributed by atoms with E-state index < -0.39 is 0 Å². The molecule has 7 nitrogen and oxygen atoms in total. The van der Waals surface area contributed by atoms with Crippen LogP contribution in [0.2, 0.25) is 0 Å². The number of rotatable bonds is 8. The number of ether oxygens (including phenoxy) is 1. The molecule has 1 aliphatic rings. The van der Waals surface area contributed by atoms with Crippen molar-refractivity contribution >= 4 is 17.5 Å². The Morgan fingerprint density at radius 1 is 1.04 bits per heavy atom. The molecule has 1 saturated heterocycles. The van der Waals surface area contributed by atoms with Gasteiger partial charge < -0.3 is 15.4 Å². The lowest BCUT2D eigenvalue weighted by atomic mass is 10.1. The van der Waals surface area contributed by atoms with Gasteiger partial charge in [0.05, 0.1) is 6.42 Å². The van der Waals surface area contributed by atoms with Crippen LogP contribution in [0.15, 0.2) is 54.6 Å². The third-order valence-electron chi connectivity index (χ3n) is 4.36. The lowest BCUT2D eigenvalue weighted by Crippen LogP contribution is -2.35. The molecule has 0 radical (unpaired) electrons. The lowest BCUT2D eigenvalue weighted by molar-refractivity contribution is -0.120. The molecule has 2 amide bonds. The Labute approximate surface area is 164 Å². The molecule has 2 aromatic carbocycles. The van der Waals surface area contributed by atoms with Gasteiger partial charge in [0.15, 0.2) is 6.23 Å². The van der Waals surface area contributed by atoms with Crippen molar-refractivity contribution < 1.29 is 14.3 Å². The van der Waals surface area contributed by atoms with Crippen molar-refractivity contribution in [3.05, 3.63) is 60.2 Å². The second-order valence-corrected chi connectivity index (χ2v) is 6.87. The highest BCUT2D eigenvalue weighted by molar-refractivity contribution is 5.91. The smallest absolute Gasteiger partial charge is 0.226 e. The van der Waals surface area contributed by atoms with E-state index in [0.717, 1.165) is 17.7 Å². The average Bonchev–Trinajstić information content (AvgIpc) is 3.09. The largest absolute Gasteiger partial charge is 0.474 e. The van der Waals surface area contributed by atoms with Crippen LogP contribution in [-0.4, -0.2) is 30.6 Å². The lowest BCUT2D eigenvalue weighted by Gasteiger charge is -2.13. The molecule has 1 aliphatic heterocycles. The van der Waals surface area contributed by atoms with Crippen LogP contribution >= 0.6 is 0 Å². The maximum absolute atomic E-state index is 12.0. The minimum absolute atomic E-state index is 0.0602. The molecule has 4 N–H and O–H groups in total. The Kier molecular flexibility index (Phi) is 7.00. The molecule has 0 saturated carbocycles. The van der Waals surface area contributed by atoms with Crippen molar-refractivity contribution in [2.75, 3.05) is 11.9 Å². The van der Waals surface area contributed by atoms with Crippen molar-refractivity contribution in [3.8, 4) is 5.75 Å². The van der Waals surface area contributed by atoms with Gasteiger partial charge >= 0.3 is 0 Å². The molecule has 0 aliphatic carbocycles. The molecular weight excluding hydrogens is 356 g/mol. The van der Waals surface area contributed by atoms with Gasteiger partial charge in [-0.3, -0.25) is 15.0 Å². The molecule has 28 heavy (non-hydrogen) atoms. The SMILES string of the molecule is CC1CC(Oc2ccc(NC(=O)CCNC(=O)Cc3ccccc3)cc2)NN1. The van der Waals surface area contributed by atoms with Crippen molar-refractivity contribution in [3.63, 3.8) is 0 Å². The number of amides is 2. The maximum Gasteiger partial charge on any atom is 0.226 e. The second-order valence-electron chi connectivity index (χ2n) is 6.87. The van der Waals surface area contributed by atoms with E-state index in [1.54, 1.807) is 12.1 Å². The molecule has 2 unspecified atom stereocenters. The van der Waals surface area contributed by atoms with Crippen LogP contribution in [0.25, 0.3) is 0 Å². The Bertz CT molecular complexity index is 780. The number of hydrogen-bond acceptors (Lipinski definition) is 5.